The van der Waals surface area contributed by atoms with Crippen molar-refractivity contribution in [1.29, 1.82) is 0 Å². The molecule has 4 rings (SSSR count). The van der Waals surface area contributed by atoms with Gasteiger partial charge in [0.25, 0.3) is 5.91 Å². The molecular weight excluding hydrogens is 426 g/mol. The van der Waals surface area contributed by atoms with Crippen molar-refractivity contribution in [3.63, 3.8) is 0 Å². The fraction of sp³-hybridized carbons (Fsp3) is 0.565. The summed E-state index contributed by atoms with van der Waals surface area (Å²) in [5.41, 5.74) is 0.340. The topological polar surface area (TPSA) is 110 Å². The molecule has 0 aliphatic carbocycles. The Morgan fingerprint density at radius 2 is 1.91 bits per heavy atom. The van der Waals surface area contributed by atoms with Gasteiger partial charge in [0.2, 0.25) is 5.91 Å². The lowest BCUT2D eigenvalue weighted by Gasteiger charge is -2.38. The lowest BCUT2D eigenvalue weighted by Crippen LogP contribution is -2.48. The van der Waals surface area contributed by atoms with Gasteiger partial charge < -0.3 is 24.4 Å². The molecule has 2 saturated heterocycles. The molecule has 178 valence electrons. The Labute approximate surface area is 193 Å². The molecule has 0 saturated carbocycles. The van der Waals surface area contributed by atoms with Gasteiger partial charge in [-0.25, -0.2) is 4.68 Å². The smallest absolute Gasteiger partial charge is 0.276 e. The van der Waals surface area contributed by atoms with Gasteiger partial charge in [-0.05, 0) is 37.0 Å². The van der Waals surface area contributed by atoms with Crippen molar-refractivity contribution >= 4 is 11.8 Å². The van der Waals surface area contributed by atoms with Crippen LogP contribution in [0.1, 0.15) is 35.3 Å². The molecule has 2 fully saturated rings. The van der Waals surface area contributed by atoms with E-state index in [4.69, 9.17) is 9.47 Å². The Balaban J connectivity index is 1.26. The van der Waals surface area contributed by atoms with Gasteiger partial charge in [-0.1, -0.05) is 17.3 Å². The maximum absolute atomic E-state index is 12.7. The largest absolute Gasteiger partial charge is 0.497 e. The van der Waals surface area contributed by atoms with E-state index in [9.17, 15) is 14.7 Å². The Bertz CT molecular complexity index is 964. The number of rotatable bonds is 7. The zero-order valence-corrected chi connectivity index (χ0v) is 19.0. The molecular formula is C23H31N5O5. The summed E-state index contributed by atoms with van der Waals surface area (Å²) in [5.74, 6) is 0.693. The highest BCUT2D eigenvalue weighted by Gasteiger charge is 2.35. The van der Waals surface area contributed by atoms with Crippen LogP contribution >= 0.6 is 0 Å². The quantitative estimate of drug-likeness (QED) is 0.653. The molecule has 10 heteroatoms. The molecule has 2 aliphatic heterocycles. The van der Waals surface area contributed by atoms with Crippen molar-refractivity contribution < 1.29 is 24.2 Å². The number of morpholine rings is 1. The first-order chi connectivity index (χ1) is 16.0. The molecule has 1 aromatic carbocycles. The van der Waals surface area contributed by atoms with Crippen LogP contribution in [0.25, 0.3) is 0 Å². The normalized spacial score (nSPS) is 18.2. The van der Waals surface area contributed by atoms with E-state index in [1.54, 1.807) is 18.2 Å². The minimum absolute atomic E-state index is 0.0824. The highest BCUT2D eigenvalue weighted by Crippen LogP contribution is 2.25. The van der Waals surface area contributed by atoms with E-state index in [0.29, 0.717) is 65.1 Å². The number of hydrogen-bond donors (Lipinski definition) is 1. The first-order valence-electron chi connectivity index (χ1n) is 11.4. The number of nitrogens with zero attached hydrogens (tertiary/aromatic N) is 5. The van der Waals surface area contributed by atoms with E-state index in [-0.39, 0.29) is 24.1 Å². The van der Waals surface area contributed by atoms with E-state index < -0.39 is 5.60 Å². The molecule has 2 amide bonds. The van der Waals surface area contributed by atoms with Crippen molar-refractivity contribution in [2.24, 2.45) is 0 Å². The Hall–Kier alpha value is -2.98. The van der Waals surface area contributed by atoms with Gasteiger partial charge >= 0.3 is 0 Å². The fourth-order valence-corrected chi connectivity index (χ4v) is 4.27. The minimum atomic E-state index is -0.990. The predicted molar refractivity (Wildman–Crippen MR) is 119 cm³/mol. The summed E-state index contributed by atoms with van der Waals surface area (Å²) >= 11 is 0. The third kappa shape index (κ3) is 5.88. The van der Waals surface area contributed by atoms with Gasteiger partial charge in [0.05, 0.1) is 38.7 Å². The first kappa shape index (κ1) is 23.2. The second-order valence-electron chi connectivity index (χ2n) is 8.66. The number of aromatic nitrogens is 3. The van der Waals surface area contributed by atoms with Crippen LogP contribution in [0.3, 0.4) is 0 Å². The standard InChI is InChI=1S/C23H31N5O5/c1-32-19-4-2-3-18(15-19)5-6-21(29)26-9-7-23(31,8-10-26)17-28-16-20(24-25-28)22(30)27-11-13-33-14-12-27/h2-4,15-16,31H,5-14,17H2,1H3. The van der Waals surface area contributed by atoms with Crippen LogP contribution in [0.4, 0.5) is 0 Å². The molecule has 2 aliphatic rings. The summed E-state index contributed by atoms with van der Waals surface area (Å²) in [6, 6.07) is 7.73. The summed E-state index contributed by atoms with van der Waals surface area (Å²) in [5, 5.41) is 19.1. The van der Waals surface area contributed by atoms with Crippen LogP contribution in [0, 0.1) is 0 Å². The summed E-state index contributed by atoms with van der Waals surface area (Å²) in [6.45, 7) is 3.34. The van der Waals surface area contributed by atoms with Gasteiger partial charge in [-0.2, -0.15) is 0 Å². The van der Waals surface area contributed by atoms with Crippen molar-refractivity contribution in [2.45, 2.75) is 37.8 Å². The highest BCUT2D eigenvalue weighted by molar-refractivity contribution is 5.92. The number of hydrogen-bond acceptors (Lipinski definition) is 7. The van der Waals surface area contributed by atoms with Crippen LogP contribution in [0.15, 0.2) is 30.5 Å². The molecule has 10 nitrogen and oxygen atoms in total. The Kier molecular flexibility index (Phi) is 7.24. The number of aliphatic hydroxyl groups is 1. The van der Waals surface area contributed by atoms with Crippen LogP contribution in [-0.2, 0) is 22.5 Å². The van der Waals surface area contributed by atoms with Crippen molar-refractivity contribution in [2.75, 3.05) is 46.5 Å². The number of methoxy groups -OCH3 is 1. The summed E-state index contributed by atoms with van der Waals surface area (Å²) in [7, 11) is 1.63. The van der Waals surface area contributed by atoms with Crippen LogP contribution in [0.2, 0.25) is 0 Å². The molecule has 0 spiro atoms. The number of carbonyl (C=O) groups is 2. The number of aryl methyl sites for hydroxylation is 1. The maximum atomic E-state index is 12.7. The van der Waals surface area contributed by atoms with E-state index in [2.05, 4.69) is 10.3 Å². The SMILES string of the molecule is COc1cccc(CCC(=O)N2CCC(O)(Cn3cc(C(=O)N4CCOCC4)nn3)CC2)c1. The van der Waals surface area contributed by atoms with Crippen molar-refractivity contribution in [3.05, 3.63) is 41.7 Å². The van der Waals surface area contributed by atoms with Crippen molar-refractivity contribution in [1.82, 2.24) is 24.8 Å². The minimum Gasteiger partial charge on any atom is -0.497 e. The number of likely N-dealkylation sites (tertiary alicyclic amines) is 1. The number of benzene rings is 1. The zero-order valence-electron chi connectivity index (χ0n) is 19.0. The van der Waals surface area contributed by atoms with E-state index in [1.807, 2.05) is 29.2 Å². The molecule has 1 aromatic heterocycles. The van der Waals surface area contributed by atoms with Gasteiger partial charge in [-0.15, -0.1) is 5.10 Å². The molecule has 3 heterocycles. The van der Waals surface area contributed by atoms with E-state index in [1.165, 1.54) is 4.68 Å². The van der Waals surface area contributed by atoms with Gasteiger partial charge in [-0.3, -0.25) is 9.59 Å². The van der Waals surface area contributed by atoms with Crippen LogP contribution in [0.5, 0.6) is 5.75 Å². The molecule has 1 N–H and O–H groups in total. The summed E-state index contributed by atoms with van der Waals surface area (Å²) in [6.07, 6.45) is 3.55. The molecule has 0 unspecified atom stereocenters. The molecule has 33 heavy (non-hydrogen) atoms. The zero-order chi connectivity index (χ0) is 23.3. The number of carbonyl (C=O) groups excluding carboxylic acids is 2. The monoisotopic (exact) mass is 457 g/mol. The van der Waals surface area contributed by atoms with E-state index in [0.717, 1.165) is 11.3 Å². The first-order valence-corrected chi connectivity index (χ1v) is 11.4. The number of ether oxygens (including phenoxy) is 2. The highest BCUT2D eigenvalue weighted by atomic mass is 16.5. The number of piperidine rings is 1. The fourth-order valence-electron chi connectivity index (χ4n) is 4.27. The van der Waals surface area contributed by atoms with Gasteiger partial charge in [0, 0.05) is 32.6 Å². The Morgan fingerprint density at radius 1 is 1.15 bits per heavy atom. The van der Waals surface area contributed by atoms with Gasteiger partial charge in [0.1, 0.15) is 5.75 Å². The second kappa shape index (κ2) is 10.3. The molecule has 0 atom stereocenters. The van der Waals surface area contributed by atoms with E-state index >= 15 is 0 Å². The summed E-state index contributed by atoms with van der Waals surface area (Å²) < 4.78 is 12.0. The van der Waals surface area contributed by atoms with Gasteiger partial charge in [0.15, 0.2) is 5.69 Å². The third-order valence-electron chi connectivity index (χ3n) is 6.32. The Morgan fingerprint density at radius 3 is 2.64 bits per heavy atom. The maximum Gasteiger partial charge on any atom is 0.276 e. The third-order valence-corrected chi connectivity index (χ3v) is 6.32. The summed E-state index contributed by atoms with van der Waals surface area (Å²) in [4.78, 5) is 28.7. The number of amides is 2. The van der Waals surface area contributed by atoms with Crippen molar-refractivity contribution in [3.8, 4) is 5.75 Å². The lowest BCUT2D eigenvalue weighted by atomic mass is 9.91. The average molecular weight is 458 g/mol. The van der Waals surface area contributed by atoms with Crippen LogP contribution in [-0.4, -0.2) is 93.8 Å². The molecule has 2 aromatic rings. The molecule has 0 radical (unpaired) electrons. The molecule has 0 bridgehead atoms. The van der Waals surface area contributed by atoms with Crippen LogP contribution < -0.4 is 4.74 Å². The predicted octanol–water partition coefficient (Wildman–Crippen LogP) is 0.745. The average Bonchev–Trinajstić information content (AvgIpc) is 3.31. The second-order valence-corrected chi connectivity index (χ2v) is 8.66. The lowest BCUT2D eigenvalue weighted by molar-refractivity contribution is -0.135.